The molecule has 2 aliphatic heterocycles. The van der Waals surface area contributed by atoms with Gasteiger partial charge in [-0.25, -0.2) is 4.98 Å². The summed E-state index contributed by atoms with van der Waals surface area (Å²) in [4.78, 5) is 30.1. The van der Waals surface area contributed by atoms with E-state index in [9.17, 15) is 4.79 Å². The third-order valence-electron chi connectivity index (χ3n) is 9.94. The number of rotatable bonds is 5. The van der Waals surface area contributed by atoms with E-state index in [1.54, 1.807) is 0 Å². The number of aromatic nitrogens is 2. The van der Waals surface area contributed by atoms with Gasteiger partial charge in [0, 0.05) is 27.6 Å². The maximum atomic E-state index is 14.5. The van der Waals surface area contributed by atoms with Gasteiger partial charge in [-0.15, -0.1) is 0 Å². The first-order valence-electron chi connectivity index (χ1n) is 16.3. The van der Waals surface area contributed by atoms with Gasteiger partial charge in [0.25, 0.3) is 5.91 Å². The maximum absolute atomic E-state index is 14.5. The van der Waals surface area contributed by atoms with Gasteiger partial charge < -0.3 is 14.5 Å². The predicted molar refractivity (Wildman–Crippen MR) is 179 cm³/mol. The Bertz CT molecular complexity index is 1490. The molecule has 3 aliphatic rings. The van der Waals surface area contributed by atoms with Crippen molar-refractivity contribution in [3.63, 3.8) is 0 Å². The number of likely N-dealkylation sites (tertiary alicyclic amines) is 1. The molecule has 1 saturated heterocycles. The number of anilines is 1. The zero-order chi connectivity index (χ0) is 31.0. The van der Waals surface area contributed by atoms with E-state index in [-0.39, 0.29) is 18.0 Å². The highest BCUT2D eigenvalue weighted by Crippen LogP contribution is 2.51. The van der Waals surface area contributed by atoms with Crippen molar-refractivity contribution < 1.29 is 9.53 Å². The van der Waals surface area contributed by atoms with E-state index in [0.717, 1.165) is 66.1 Å². The Kier molecular flexibility index (Phi) is 8.93. The van der Waals surface area contributed by atoms with Crippen LogP contribution in [0.2, 0.25) is 0 Å². The minimum atomic E-state index is -0.0621. The summed E-state index contributed by atoms with van der Waals surface area (Å²) in [6.45, 7) is 13.6. The average molecular weight is 614 g/mol. The molecule has 1 amide bonds. The van der Waals surface area contributed by atoms with Crippen molar-refractivity contribution in [1.29, 1.82) is 0 Å². The van der Waals surface area contributed by atoms with Crippen molar-refractivity contribution in [3.8, 4) is 17.1 Å². The molecular formula is C36H47N5O2S. The van der Waals surface area contributed by atoms with Gasteiger partial charge in [0.2, 0.25) is 11.8 Å². The Morgan fingerprint density at radius 1 is 1.07 bits per heavy atom. The van der Waals surface area contributed by atoms with E-state index in [2.05, 4.69) is 74.4 Å². The second-order valence-corrected chi connectivity index (χ2v) is 14.6. The molecule has 1 aromatic heterocycles. The highest BCUT2D eigenvalue weighted by Gasteiger charge is 2.50. The van der Waals surface area contributed by atoms with E-state index in [0.29, 0.717) is 29.8 Å². The summed E-state index contributed by atoms with van der Waals surface area (Å²) in [5, 5.41) is 0. The molecular weight excluding hydrogens is 566 g/mol. The number of benzene rings is 2. The molecule has 8 heteroatoms. The lowest BCUT2D eigenvalue weighted by molar-refractivity contribution is -0.0498. The minimum absolute atomic E-state index is 0.0621. The molecule has 0 radical (unpaired) electrons. The maximum Gasteiger partial charge on any atom is 0.254 e. The summed E-state index contributed by atoms with van der Waals surface area (Å²) >= 11 is 1.43. The molecule has 2 fully saturated rings. The molecule has 234 valence electrons. The van der Waals surface area contributed by atoms with Crippen LogP contribution in [-0.2, 0) is 6.42 Å². The van der Waals surface area contributed by atoms with Crippen LogP contribution in [0.4, 0.5) is 5.95 Å². The van der Waals surface area contributed by atoms with Gasteiger partial charge in [-0.05, 0) is 125 Å². The zero-order valence-electron chi connectivity index (χ0n) is 27.2. The molecule has 44 heavy (non-hydrogen) atoms. The summed E-state index contributed by atoms with van der Waals surface area (Å²) in [6, 6.07) is 14.5. The van der Waals surface area contributed by atoms with E-state index in [1.807, 2.05) is 24.3 Å². The zero-order valence-corrected chi connectivity index (χ0v) is 28.0. The fraction of sp³-hybridized carbons (Fsp3) is 0.528. The van der Waals surface area contributed by atoms with Gasteiger partial charge in [-0.3, -0.25) is 9.52 Å². The van der Waals surface area contributed by atoms with Crippen LogP contribution in [0.15, 0.2) is 47.4 Å². The first-order valence-corrected chi connectivity index (χ1v) is 17.1. The van der Waals surface area contributed by atoms with Crippen LogP contribution >= 0.6 is 11.9 Å². The minimum Gasteiger partial charge on any atom is -0.475 e. The van der Waals surface area contributed by atoms with E-state index in [4.69, 9.17) is 14.7 Å². The number of hydrogen-bond acceptors (Lipinski definition) is 7. The fourth-order valence-corrected chi connectivity index (χ4v) is 8.17. The summed E-state index contributed by atoms with van der Waals surface area (Å²) in [5.41, 5.74) is 6.49. The molecule has 6 rings (SSSR count). The van der Waals surface area contributed by atoms with Crippen LogP contribution in [0.5, 0.6) is 5.88 Å². The number of carbonyl (C=O) groups excluding carboxylic acids is 1. The summed E-state index contributed by atoms with van der Waals surface area (Å²) < 4.78 is 10.1. The van der Waals surface area contributed by atoms with Crippen LogP contribution in [0.25, 0.3) is 11.3 Å². The number of nitrogens with one attached hydrogen (secondary N) is 1. The quantitative estimate of drug-likeness (QED) is 0.298. The Labute approximate surface area is 267 Å². The van der Waals surface area contributed by atoms with Crippen molar-refractivity contribution in [2.75, 3.05) is 31.5 Å². The van der Waals surface area contributed by atoms with Crippen molar-refractivity contribution >= 4 is 23.8 Å². The molecule has 1 spiro atoms. The number of carbonyl (C=O) groups is 1. The first-order chi connectivity index (χ1) is 21.2. The van der Waals surface area contributed by atoms with Gasteiger partial charge in [0.15, 0.2) is 0 Å². The van der Waals surface area contributed by atoms with Crippen molar-refractivity contribution in [2.24, 2.45) is 11.3 Å². The molecule has 1 saturated carbocycles. The van der Waals surface area contributed by atoms with Crippen LogP contribution in [-0.4, -0.2) is 64.5 Å². The Balaban J connectivity index is 1.42. The Hall–Kier alpha value is -3.10. The highest BCUT2D eigenvalue weighted by atomic mass is 32.2. The van der Waals surface area contributed by atoms with Crippen LogP contribution in [0.1, 0.15) is 79.9 Å². The average Bonchev–Trinajstić information content (AvgIpc) is 2.98. The molecule has 7 nitrogen and oxygen atoms in total. The molecule has 2 aromatic carbocycles. The third kappa shape index (κ3) is 6.20. The van der Waals surface area contributed by atoms with Crippen LogP contribution < -0.4 is 9.46 Å². The number of fused-ring (bicyclic) bond motifs is 4. The standard InChI is InChI=1S/C36H47N5O2S/c1-7-30-32(31-24(4)10-8-11-25(31)5)37-35-38-33(30)43-22-27(18-23(2)3)41(28-20-36(21-28)14-16-40(6)17-15-36)34(42)26-12-9-13-29(19-26)44-39-35/h8-13,19,23,27-28H,7,14-18,20-22H2,1-6H3,(H,37,38,39)/t27-/m1/s1. The number of piperidine rings is 1. The number of aryl methyl sites for hydroxylation is 2. The van der Waals surface area contributed by atoms with Gasteiger partial charge >= 0.3 is 0 Å². The smallest absolute Gasteiger partial charge is 0.254 e. The fourth-order valence-electron chi connectivity index (χ4n) is 7.54. The van der Waals surface area contributed by atoms with Crippen molar-refractivity contribution in [3.05, 3.63) is 64.7 Å². The Morgan fingerprint density at radius 3 is 2.45 bits per heavy atom. The SMILES string of the molecule is CCc1c2nc(nc1-c1c(C)cccc1C)NSc1cccc(c1)C(=O)N(C1CC3(CCN(C)CC3)C1)[C@H](CC(C)C)CO2. The van der Waals surface area contributed by atoms with Crippen molar-refractivity contribution in [2.45, 2.75) is 90.1 Å². The summed E-state index contributed by atoms with van der Waals surface area (Å²) in [7, 11) is 2.22. The normalized spacial score (nSPS) is 20.8. The number of nitrogens with zero attached hydrogens (tertiary/aromatic N) is 4. The van der Waals surface area contributed by atoms with Gasteiger partial charge in [-0.2, -0.15) is 4.98 Å². The van der Waals surface area contributed by atoms with E-state index < -0.39 is 0 Å². The van der Waals surface area contributed by atoms with E-state index in [1.165, 1.54) is 35.9 Å². The Morgan fingerprint density at radius 2 is 1.77 bits per heavy atom. The lowest BCUT2D eigenvalue weighted by Crippen LogP contribution is -2.59. The summed E-state index contributed by atoms with van der Waals surface area (Å²) in [6.07, 6.45) is 6.20. The molecule has 1 aliphatic carbocycles. The highest BCUT2D eigenvalue weighted by molar-refractivity contribution is 8.00. The molecule has 3 heterocycles. The first kappa shape index (κ1) is 30.9. The summed E-state index contributed by atoms with van der Waals surface area (Å²) in [5.74, 6) is 1.64. The monoisotopic (exact) mass is 613 g/mol. The number of amides is 1. The topological polar surface area (TPSA) is 70.6 Å². The lowest BCUT2D eigenvalue weighted by atomic mass is 9.59. The van der Waals surface area contributed by atoms with E-state index >= 15 is 0 Å². The number of hydrogen-bond donors (Lipinski definition) is 1. The van der Waals surface area contributed by atoms with Gasteiger partial charge in [0.1, 0.15) is 6.61 Å². The molecule has 0 unspecified atom stereocenters. The molecule has 1 atom stereocenters. The van der Waals surface area contributed by atoms with Crippen molar-refractivity contribution in [1.82, 2.24) is 19.8 Å². The molecule has 4 bridgehead atoms. The molecule has 1 N–H and O–H groups in total. The molecule has 3 aromatic rings. The third-order valence-corrected chi connectivity index (χ3v) is 10.7. The van der Waals surface area contributed by atoms with Crippen LogP contribution in [0.3, 0.4) is 0 Å². The number of ether oxygens (including phenoxy) is 1. The largest absolute Gasteiger partial charge is 0.475 e. The van der Waals surface area contributed by atoms with Gasteiger partial charge in [0.05, 0.1) is 11.7 Å². The van der Waals surface area contributed by atoms with Crippen LogP contribution in [0, 0.1) is 25.2 Å². The second kappa shape index (κ2) is 12.7. The lowest BCUT2D eigenvalue weighted by Gasteiger charge is -2.56. The van der Waals surface area contributed by atoms with Gasteiger partial charge in [-0.1, -0.05) is 45.0 Å². The predicted octanol–water partition coefficient (Wildman–Crippen LogP) is 7.57. The second-order valence-electron chi connectivity index (χ2n) is 13.7.